The lowest BCUT2D eigenvalue weighted by Crippen LogP contribution is -2.21. The number of aromatic amines is 1. The molecule has 2 heterocycles. The van der Waals surface area contributed by atoms with Crippen LogP contribution < -0.4 is 4.52 Å². The number of aromatic nitrogens is 3. The van der Waals surface area contributed by atoms with Gasteiger partial charge in [-0.1, -0.05) is 5.10 Å². The standard InChI is InChI=1S/C6H5N3/c1-2-6-4-7-5-9(6)8-3-1/h1-5H/p+1. The number of hydrogen-bond acceptors (Lipinski definition) is 1. The van der Waals surface area contributed by atoms with Gasteiger partial charge in [0.1, 0.15) is 6.20 Å². The zero-order chi connectivity index (χ0) is 6.10. The Bertz CT molecular complexity index is 282. The molecule has 0 aliphatic rings. The summed E-state index contributed by atoms with van der Waals surface area (Å²) in [6, 6.07) is 3.90. The van der Waals surface area contributed by atoms with Gasteiger partial charge in [-0.3, -0.25) is 0 Å². The van der Waals surface area contributed by atoms with Gasteiger partial charge < -0.3 is 0 Å². The predicted octanol–water partition coefficient (Wildman–Crippen LogP) is 0.148. The van der Waals surface area contributed by atoms with Crippen molar-refractivity contribution in [2.75, 3.05) is 0 Å². The molecule has 0 saturated heterocycles. The molecule has 2 aromatic heterocycles. The Morgan fingerprint density at radius 1 is 1.56 bits per heavy atom. The van der Waals surface area contributed by atoms with Gasteiger partial charge in [-0.15, -0.1) is 4.52 Å². The molecular weight excluding hydrogens is 114 g/mol. The van der Waals surface area contributed by atoms with Crippen molar-refractivity contribution in [3.05, 3.63) is 30.9 Å². The zero-order valence-corrected chi connectivity index (χ0v) is 4.78. The molecule has 3 heteroatoms. The van der Waals surface area contributed by atoms with Crippen LogP contribution in [0.2, 0.25) is 0 Å². The highest BCUT2D eigenvalue weighted by Crippen LogP contribution is 1.87. The van der Waals surface area contributed by atoms with Crippen LogP contribution in [-0.2, 0) is 0 Å². The first-order valence-corrected chi connectivity index (χ1v) is 2.76. The average Bonchev–Trinajstić information content (AvgIpc) is 2.33. The highest BCUT2D eigenvalue weighted by atomic mass is 15.2. The van der Waals surface area contributed by atoms with Crippen LogP contribution in [0.25, 0.3) is 5.52 Å². The molecule has 9 heavy (non-hydrogen) atoms. The van der Waals surface area contributed by atoms with E-state index in [2.05, 4.69) is 10.1 Å². The Labute approximate surface area is 52.0 Å². The summed E-state index contributed by atoms with van der Waals surface area (Å²) in [6.07, 6.45) is 5.45. The second kappa shape index (κ2) is 1.55. The van der Waals surface area contributed by atoms with Gasteiger partial charge in [-0.05, 0) is 12.1 Å². The summed E-state index contributed by atoms with van der Waals surface area (Å²) in [6.45, 7) is 0. The second-order valence-electron chi connectivity index (χ2n) is 1.83. The highest BCUT2D eigenvalue weighted by molar-refractivity contribution is 5.33. The largest absolute Gasteiger partial charge is 0.268 e. The number of rotatable bonds is 0. The molecule has 0 aliphatic carbocycles. The Morgan fingerprint density at radius 3 is 3.44 bits per heavy atom. The number of H-pyrrole nitrogens is 1. The maximum absolute atomic E-state index is 4.03. The minimum atomic E-state index is 1.08. The van der Waals surface area contributed by atoms with Gasteiger partial charge in [-0.25, -0.2) is 4.98 Å². The van der Waals surface area contributed by atoms with Gasteiger partial charge in [0.15, 0.2) is 5.52 Å². The van der Waals surface area contributed by atoms with Crippen LogP contribution in [0.1, 0.15) is 0 Å². The Kier molecular flexibility index (Phi) is 0.773. The summed E-state index contributed by atoms with van der Waals surface area (Å²) in [5.74, 6) is 0. The zero-order valence-electron chi connectivity index (χ0n) is 4.78. The molecule has 0 saturated carbocycles. The minimum Gasteiger partial charge on any atom is -0.248 e. The lowest BCUT2D eigenvalue weighted by atomic mass is 10.5. The summed E-state index contributed by atoms with van der Waals surface area (Å²) in [5.41, 5.74) is 1.08. The molecule has 0 bridgehead atoms. The number of fused-ring (bicyclic) bond motifs is 1. The van der Waals surface area contributed by atoms with Crippen molar-refractivity contribution in [2.24, 2.45) is 0 Å². The monoisotopic (exact) mass is 120 g/mol. The van der Waals surface area contributed by atoms with Gasteiger partial charge in [0.2, 0.25) is 0 Å². The van der Waals surface area contributed by atoms with Crippen LogP contribution in [0.5, 0.6) is 0 Å². The first-order chi connectivity index (χ1) is 4.47. The van der Waals surface area contributed by atoms with Crippen molar-refractivity contribution in [2.45, 2.75) is 0 Å². The molecule has 0 aromatic carbocycles. The molecule has 0 unspecified atom stereocenters. The molecular formula is C6H6N3+. The fourth-order valence-corrected chi connectivity index (χ4v) is 0.810. The predicted molar refractivity (Wildman–Crippen MR) is 31.7 cm³/mol. The topological polar surface area (TPSA) is 32.8 Å². The molecule has 44 valence electrons. The van der Waals surface area contributed by atoms with Crippen molar-refractivity contribution in [1.29, 1.82) is 0 Å². The normalized spacial score (nSPS) is 10.2. The van der Waals surface area contributed by atoms with E-state index in [4.69, 9.17) is 0 Å². The maximum Gasteiger partial charge on any atom is 0.268 e. The van der Waals surface area contributed by atoms with Gasteiger partial charge in [0.25, 0.3) is 6.33 Å². The average molecular weight is 120 g/mol. The fraction of sp³-hybridized carbons (Fsp3) is 0. The van der Waals surface area contributed by atoms with E-state index in [1.54, 1.807) is 17.0 Å². The molecule has 0 atom stereocenters. The number of nitrogens with one attached hydrogen (secondary N) is 1. The lowest BCUT2D eigenvalue weighted by molar-refractivity contribution is -0.580. The van der Waals surface area contributed by atoms with E-state index in [9.17, 15) is 0 Å². The quantitative estimate of drug-likeness (QED) is 0.493. The molecule has 3 nitrogen and oxygen atoms in total. The lowest BCUT2D eigenvalue weighted by Gasteiger charge is -1.77. The third kappa shape index (κ3) is 0.579. The second-order valence-corrected chi connectivity index (χ2v) is 1.83. The van der Waals surface area contributed by atoms with Crippen LogP contribution in [-0.4, -0.2) is 10.1 Å². The first kappa shape index (κ1) is 4.49. The summed E-state index contributed by atoms with van der Waals surface area (Å²) in [4.78, 5) is 2.94. The van der Waals surface area contributed by atoms with E-state index in [1.165, 1.54) is 0 Å². The smallest absolute Gasteiger partial charge is 0.248 e. The van der Waals surface area contributed by atoms with Crippen LogP contribution in [0.15, 0.2) is 30.9 Å². The van der Waals surface area contributed by atoms with Crippen molar-refractivity contribution in [3.63, 3.8) is 0 Å². The van der Waals surface area contributed by atoms with Crippen molar-refractivity contribution in [1.82, 2.24) is 10.1 Å². The van der Waals surface area contributed by atoms with Crippen molar-refractivity contribution >= 4 is 5.52 Å². The number of imidazole rings is 1. The molecule has 0 spiro atoms. The summed E-state index contributed by atoms with van der Waals surface area (Å²) in [7, 11) is 0. The minimum absolute atomic E-state index is 1.08. The van der Waals surface area contributed by atoms with Crippen molar-refractivity contribution < 1.29 is 4.52 Å². The third-order valence-corrected chi connectivity index (χ3v) is 1.24. The number of hydrogen-bond donors (Lipinski definition) is 1. The fourth-order valence-electron chi connectivity index (χ4n) is 0.810. The summed E-state index contributed by atoms with van der Waals surface area (Å²) < 4.78 is 1.78. The third-order valence-electron chi connectivity index (χ3n) is 1.24. The molecule has 0 fully saturated rings. The van der Waals surface area contributed by atoms with E-state index in [-0.39, 0.29) is 0 Å². The molecule has 1 N–H and O–H groups in total. The highest BCUT2D eigenvalue weighted by Gasteiger charge is 1.95. The molecule has 0 aliphatic heterocycles. The van der Waals surface area contributed by atoms with Crippen LogP contribution in [0, 0.1) is 0 Å². The van der Waals surface area contributed by atoms with Gasteiger partial charge >= 0.3 is 0 Å². The van der Waals surface area contributed by atoms with E-state index in [0.29, 0.717) is 0 Å². The summed E-state index contributed by atoms with van der Waals surface area (Å²) >= 11 is 0. The van der Waals surface area contributed by atoms with E-state index < -0.39 is 0 Å². The first-order valence-electron chi connectivity index (χ1n) is 2.76. The van der Waals surface area contributed by atoms with Crippen molar-refractivity contribution in [3.8, 4) is 0 Å². The van der Waals surface area contributed by atoms with Crippen LogP contribution in [0.3, 0.4) is 0 Å². The Hall–Kier alpha value is -1.38. The summed E-state index contributed by atoms with van der Waals surface area (Å²) in [5, 5.41) is 4.03. The SMILES string of the molecule is c1cn[n+]2c[nH]cc2c1. The van der Waals surface area contributed by atoms with Crippen LogP contribution in [0.4, 0.5) is 0 Å². The van der Waals surface area contributed by atoms with E-state index in [1.807, 2.05) is 18.3 Å². The van der Waals surface area contributed by atoms with Gasteiger partial charge in [-0.2, -0.15) is 0 Å². The Morgan fingerprint density at radius 2 is 2.56 bits per heavy atom. The molecule has 2 aromatic rings. The van der Waals surface area contributed by atoms with E-state index in [0.717, 1.165) is 5.52 Å². The molecule has 0 radical (unpaired) electrons. The Balaban J connectivity index is 2.95. The number of nitrogens with zero attached hydrogens (tertiary/aromatic N) is 2. The molecule has 2 rings (SSSR count). The van der Waals surface area contributed by atoms with Gasteiger partial charge in [0.05, 0.1) is 6.20 Å². The van der Waals surface area contributed by atoms with E-state index >= 15 is 0 Å². The maximum atomic E-state index is 4.03. The molecule has 0 amide bonds. The van der Waals surface area contributed by atoms with Crippen LogP contribution >= 0.6 is 0 Å². The van der Waals surface area contributed by atoms with Gasteiger partial charge in [0, 0.05) is 0 Å².